The average Bonchev–Trinajstić information content (AvgIpc) is 2.48. The SMILES string of the molecule is CCCNc1ncc(CNCc2ccc(F)cc2)cn1. The Morgan fingerprint density at radius 3 is 2.30 bits per heavy atom. The maximum Gasteiger partial charge on any atom is 0.222 e. The lowest BCUT2D eigenvalue weighted by Gasteiger charge is -2.06. The number of benzene rings is 1. The number of nitrogens with zero attached hydrogens (tertiary/aromatic N) is 2. The van der Waals surface area contributed by atoms with Crippen LogP contribution in [-0.4, -0.2) is 16.5 Å². The quantitative estimate of drug-likeness (QED) is 0.815. The van der Waals surface area contributed by atoms with Gasteiger partial charge >= 0.3 is 0 Å². The number of hydrogen-bond acceptors (Lipinski definition) is 4. The van der Waals surface area contributed by atoms with E-state index in [0.717, 1.165) is 24.1 Å². The fourth-order valence-corrected chi connectivity index (χ4v) is 1.73. The Morgan fingerprint density at radius 1 is 1.00 bits per heavy atom. The van der Waals surface area contributed by atoms with Gasteiger partial charge in [0.05, 0.1) is 0 Å². The van der Waals surface area contributed by atoms with Gasteiger partial charge in [0.15, 0.2) is 0 Å². The first-order chi connectivity index (χ1) is 9.78. The van der Waals surface area contributed by atoms with Gasteiger partial charge in [-0.3, -0.25) is 0 Å². The molecule has 0 atom stereocenters. The zero-order valence-electron chi connectivity index (χ0n) is 11.6. The van der Waals surface area contributed by atoms with Crippen molar-refractivity contribution in [2.75, 3.05) is 11.9 Å². The lowest BCUT2D eigenvalue weighted by atomic mass is 10.2. The molecule has 0 aliphatic rings. The van der Waals surface area contributed by atoms with Gasteiger partial charge in [0, 0.05) is 37.6 Å². The van der Waals surface area contributed by atoms with Gasteiger partial charge in [-0.05, 0) is 24.1 Å². The summed E-state index contributed by atoms with van der Waals surface area (Å²) in [5.74, 6) is 0.450. The summed E-state index contributed by atoms with van der Waals surface area (Å²) in [6.07, 6.45) is 4.66. The van der Waals surface area contributed by atoms with E-state index in [1.165, 1.54) is 12.1 Å². The van der Waals surface area contributed by atoms with Crippen molar-refractivity contribution in [3.63, 3.8) is 0 Å². The maximum atomic E-state index is 12.8. The van der Waals surface area contributed by atoms with Crippen LogP contribution < -0.4 is 10.6 Å². The maximum absolute atomic E-state index is 12.8. The zero-order chi connectivity index (χ0) is 14.2. The second kappa shape index (κ2) is 7.55. The molecule has 2 aromatic rings. The number of halogens is 1. The van der Waals surface area contributed by atoms with Crippen molar-refractivity contribution in [2.24, 2.45) is 0 Å². The molecule has 0 aliphatic carbocycles. The number of nitrogens with one attached hydrogen (secondary N) is 2. The molecule has 1 aromatic heterocycles. The van der Waals surface area contributed by atoms with Gasteiger partial charge in [0.2, 0.25) is 5.95 Å². The summed E-state index contributed by atoms with van der Waals surface area (Å²) in [6.45, 7) is 4.35. The molecule has 0 amide bonds. The van der Waals surface area contributed by atoms with E-state index in [2.05, 4.69) is 27.5 Å². The van der Waals surface area contributed by atoms with Crippen LogP contribution in [0.25, 0.3) is 0 Å². The van der Waals surface area contributed by atoms with Gasteiger partial charge in [-0.25, -0.2) is 14.4 Å². The van der Waals surface area contributed by atoms with Gasteiger partial charge in [0.25, 0.3) is 0 Å². The molecule has 0 fully saturated rings. The van der Waals surface area contributed by atoms with E-state index in [4.69, 9.17) is 0 Å². The Morgan fingerprint density at radius 2 is 1.65 bits per heavy atom. The third-order valence-electron chi connectivity index (χ3n) is 2.81. The number of anilines is 1. The molecule has 2 rings (SSSR count). The molecule has 1 heterocycles. The predicted molar refractivity (Wildman–Crippen MR) is 77.8 cm³/mol. The lowest BCUT2D eigenvalue weighted by Crippen LogP contribution is -2.13. The van der Waals surface area contributed by atoms with Crippen LogP contribution >= 0.6 is 0 Å². The van der Waals surface area contributed by atoms with Crippen LogP contribution in [0.3, 0.4) is 0 Å². The van der Waals surface area contributed by atoms with Crippen molar-refractivity contribution < 1.29 is 4.39 Å². The predicted octanol–water partition coefficient (Wildman–Crippen LogP) is 2.73. The minimum atomic E-state index is -0.211. The Hall–Kier alpha value is -2.01. The topological polar surface area (TPSA) is 49.8 Å². The molecule has 1 aromatic carbocycles. The molecular formula is C15H19FN4. The van der Waals surface area contributed by atoms with E-state index < -0.39 is 0 Å². The van der Waals surface area contributed by atoms with E-state index >= 15 is 0 Å². The highest BCUT2D eigenvalue weighted by atomic mass is 19.1. The van der Waals surface area contributed by atoms with Gasteiger partial charge in [-0.2, -0.15) is 0 Å². The van der Waals surface area contributed by atoms with Crippen molar-refractivity contribution in [3.05, 3.63) is 53.6 Å². The molecule has 2 N–H and O–H groups in total. The molecule has 20 heavy (non-hydrogen) atoms. The van der Waals surface area contributed by atoms with Gasteiger partial charge in [0.1, 0.15) is 5.82 Å². The van der Waals surface area contributed by atoms with Crippen molar-refractivity contribution in [1.82, 2.24) is 15.3 Å². The smallest absolute Gasteiger partial charge is 0.222 e. The third-order valence-corrected chi connectivity index (χ3v) is 2.81. The van der Waals surface area contributed by atoms with Crippen molar-refractivity contribution in [3.8, 4) is 0 Å². The van der Waals surface area contributed by atoms with E-state index in [1.807, 2.05) is 12.4 Å². The Balaban J connectivity index is 1.77. The number of hydrogen-bond donors (Lipinski definition) is 2. The molecule has 0 saturated heterocycles. The van der Waals surface area contributed by atoms with E-state index in [1.54, 1.807) is 12.1 Å². The van der Waals surface area contributed by atoms with Crippen LogP contribution in [0.5, 0.6) is 0 Å². The molecule has 0 radical (unpaired) electrons. The van der Waals surface area contributed by atoms with Gasteiger partial charge in [-0.1, -0.05) is 19.1 Å². The molecule has 0 unspecified atom stereocenters. The summed E-state index contributed by atoms with van der Waals surface area (Å²) in [5, 5.41) is 6.41. The second-order valence-electron chi connectivity index (χ2n) is 4.57. The summed E-state index contributed by atoms with van der Waals surface area (Å²) >= 11 is 0. The fourth-order valence-electron chi connectivity index (χ4n) is 1.73. The third kappa shape index (κ3) is 4.59. The fraction of sp³-hybridized carbons (Fsp3) is 0.333. The van der Waals surface area contributed by atoms with Crippen molar-refractivity contribution >= 4 is 5.95 Å². The van der Waals surface area contributed by atoms with Crippen molar-refractivity contribution in [2.45, 2.75) is 26.4 Å². The summed E-state index contributed by atoms with van der Waals surface area (Å²) in [4.78, 5) is 8.48. The minimum Gasteiger partial charge on any atom is -0.354 e. The summed E-state index contributed by atoms with van der Waals surface area (Å²) in [5.41, 5.74) is 2.07. The summed E-state index contributed by atoms with van der Waals surface area (Å²) in [7, 11) is 0. The molecule has 106 valence electrons. The first kappa shape index (κ1) is 14.4. The highest BCUT2D eigenvalue weighted by molar-refractivity contribution is 5.24. The Kier molecular flexibility index (Phi) is 5.43. The van der Waals surface area contributed by atoms with E-state index in [-0.39, 0.29) is 5.82 Å². The van der Waals surface area contributed by atoms with Crippen LogP contribution in [0, 0.1) is 5.82 Å². The molecule has 0 spiro atoms. The standard InChI is InChI=1S/C15H19FN4/c1-2-7-18-15-19-10-13(11-20-15)9-17-8-12-3-5-14(16)6-4-12/h3-6,10-11,17H,2,7-9H2,1H3,(H,18,19,20). The van der Waals surface area contributed by atoms with Crippen LogP contribution in [0.15, 0.2) is 36.7 Å². The Bertz CT molecular complexity index is 510. The minimum absolute atomic E-state index is 0.211. The first-order valence-electron chi connectivity index (χ1n) is 6.78. The van der Waals surface area contributed by atoms with Crippen LogP contribution in [0.4, 0.5) is 10.3 Å². The molecule has 0 saturated carbocycles. The van der Waals surface area contributed by atoms with Gasteiger partial charge in [-0.15, -0.1) is 0 Å². The normalized spacial score (nSPS) is 10.5. The van der Waals surface area contributed by atoms with Crippen LogP contribution in [0.2, 0.25) is 0 Å². The van der Waals surface area contributed by atoms with E-state index in [9.17, 15) is 4.39 Å². The second-order valence-corrected chi connectivity index (χ2v) is 4.57. The highest BCUT2D eigenvalue weighted by Gasteiger charge is 1.98. The van der Waals surface area contributed by atoms with Crippen molar-refractivity contribution in [1.29, 1.82) is 0 Å². The molecule has 5 heteroatoms. The van der Waals surface area contributed by atoms with Crippen LogP contribution in [-0.2, 0) is 13.1 Å². The average molecular weight is 274 g/mol. The number of aromatic nitrogens is 2. The monoisotopic (exact) mass is 274 g/mol. The van der Waals surface area contributed by atoms with Gasteiger partial charge < -0.3 is 10.6 Å². The molecule has 0 aliphatic heterocycles. The largest absolute Gasteiger partial charge is 0.354 e. The zero-order valence-corrected chi connectivity index (χ0v) is 11.6. The van der Waals surface area contributed by atoms with E-state index in [0.29, 0.717) is 19.0 Å². The summed E-state index contributed by atoms with van der Waals surface area (Å²) < 4.78 is 12.8. The molecular weight excluding hydrogens is 255 g/mol. The summed E-state index contributed by atoms with van der Waals surface area (Å²) in [6, 6.07) is 6.48. The first-order valence-corrected chi connectivity index (χ1v) is 6.78. The number of rotatable bonds is 7. The Labute approximate surface area is 118 Å². The highest BCUT2D eigenvalue weighted by Crippen LogP contribution is 2.04. The molecule has 4 nitrogen and oxygen atoms in total. The molecule has 0 bridgehead atoms. The van der Waals surface area contributed by atoms with Crippen LogP contribution in [0.1, 0.15) is 24.5 Å². The lowest BCUT2D eigenvalue weighted by molar-refractivity contribution is 0.624.